The zero-order valence-corrected chi connectivity index (χ0v) is 15.6. The van der Waals surface area contributed by atoms with E-state index in [0.717, 1.165) is 5.56 Å². The van der Waals surface area contributed by atoms with Gasteiger partial charge in [-0.25, -0.2) is 4.79 Å². The lowest BCUT2D eigenvalue weighted by molar-refractivity contribution is -0.126. The van der Waals surface area contributed by atoms with Crippen LogP contribution in [-0.2, 0) is 16.1 Å². The van der Waals surface area contributed by atoms with E-state index in [4.69, 9.17) is 9.84 Å². The molecule has 0 bridgehead atoms. The molecule has 0 spiro atoms. The maximum Gasteiger partial charge on any atom is 0.335 e. The number of fused-ring (bicyclic) bond motifs is 1. The van der Waals surface area contributed by atoms with Crippen LogP contribution in [0.15, 0.2) is 48.5 Å². The van der Waals surface area contributed by atoms with Gasteiger partial charge in [0.1, 0.15) is 5.75 Å². The van der Waals surface area contributed by atoms with Crippen LogP contribution in [0.25, 0.3) is 0 Å². The smallest absolute Gasteiger partial charge is 0.335 e. The Kier molecular flexibility index (Phi) is 5.93. The number of amides is 2. The number of carboxylic acids is 1. The highest BCUT2D eigenvalue weighted by molar-refractivity contribution is 6.00. The van der Waals surface area contributed by atoms with Gasteiger partial charge in [-0.2, -0.15) is 0 Å². The van der Waals surface area contributed by atoms with Gasteiger partial charge in [0.25, 0.3) is 5.91 Å². The van der Waals surface area contributed by atoms with Gasteiger partial charge in [-0.1, -0.05) is 31.2 Å². The lowest BCUT2D eigenvalue weighted by atomic mass is 10.1. The third-order valence-corrected chi connectivity index (χ3v) is 4.59. The highest BCUT2D eigenvalue weighted by Crippen LogP contribution is 2.34. The average molecular weight is 382 g/mol. The predicted molar refractivity (Wildman–Crippen MR) is 103 cm³/mol. The summed E-state index contributed by atoms with van der Waals surface area (Å²) in [7, 11) is 0. The molecule has 1 aliphatic heterocycles. The van der Waals surface area contributed by atoms with Crippen molar-refractivity contribution in [3.8, 4) is 5.75 Å². The van der Waals surface area contributed by atoms with Crippen LogP contribution in [0, 0.1) is 0 Å². The number of carboxylic acid groups (broad SMARTS) is 1. The minimum absolute atomic E-state index is 0.141. The van der Waals surface area contributed by atoms with Crippen LogP contribution in [0.3, 0.4) is 0 Å². The van der Waals surface area contributed by atoms with Gasteiger partial charge in [0, 0.05) is 19.5 Å². The van der Waals surface area contributed by atoms with E-state index in [1.807, 2.05) is 25.1 Å². The molecule has 7 heteroatoms. The molecule has 2 aromatic rings. The lowest BCUT2D eigenvalue weighted by Crippen LogP contribution is -2.46. The molecule has 2 aromatic carbocycles. The summed E-state index contributed by atoms with van der Waals surface area (Å²) in [6.07, 6.45) is 0.178. The van der Waals surface area contributed by atoms with Gasteiger partial charge in [0.05, 0.1) is 11.3 Å². The quantitative estimate of drug-likeness (QED) is 0.767. The first-order chi connectivity index (χ1) is 13.5. The van der Waals surface area contributed by atoms with Gasteiger partial charge < -0.3 is 20.1 Å². The Morgan fingerprint density at radius 1 is 1.14 bits per heavy atom. The summed E-state index contributed by atoms with van der Waals surface area (Å²) in [4.78, 5) is 37.3. The molecule has 0 radical (unpaired) electrons. The molecule has 1 atom stereocenters. The summed E-state index contributed by atoms with van der Waals surface area (Å²) >= 11 is 0. The van der Waals surface area contributed by atoms with E-state index in [1.165, 1.54) is 12.1 Å². The zero-order chi connectivity index (χ0) is 20.1. The molecule has 146 valence electrons. The van der Waals surface area contributed by atoms with E-state index in [1.54, 1.807) is 23.1 Å². The third-order valence-electron chi connectivity index (χ3n) is 4.59. The molecular formula is C21H22N2O5. The Labute approximate surface area is 162 Å². The number of nitrogens with one attached hydrogen (secondary N) is 1. The Balaban J connectivity index is 1.57. The minimum Gasteiger partial charge on any atom is -0.478 e. The number of hydrogen-bond acceptors (Lipinski definition) is 4. The van der Waals surface area contributed by atoms with Crippen molar-refractivity contribution in [2.75, 3.05) is 11.4 Å². The van der Waals surface area contributed by atoms with Crippen LogP contribution in [-0.4, -0.2) is 35.5 Å². The van der Waals surface area contributed by atoms with Crippen molar-refractivity contribution in [1.82, 2.24) is 5.32 Å². The van der Waals surface area contributed by atoms with Crippen molar-refractivity contribution in [2.45, 2.75) is 32.4 Å². The Morgan fingerprint density at radius 3 is 2.54 bits per heavy atom. The Hall–Kier alpha value is -3.35. The number of ether oxygens (including phenoxy) is 1. The van der Waals surface area contributed by atoms with Gasteiger partial charge in [-0.05, 0) is 36.2 Å². The molecule has 3 rings (SSSR count). The van der Waals surface area contributed by atoms with E-state index >= 15 is 0 Å². The molecular weight excluding hydrogens is 360 g/mol. The fraction of sp³-hybridized carbons (Fsp3) is 0.286. The summed E-state index contributed by atoms with van der Waals surface area (Å²) < 4.78 is 5.73. The summed E-state index contributed by atoms with van der Waals surface area (Å²) in [6, 6.07) is 13.6. The fourth-order valence-corrected chi connectivity index (χ4v) is 3.03. The number of nitrogens with zero attached hydrogens (tertiary/aromatic N) is 1. The number of aromatic carboxylic acids is 1. The lowest BCUT2D eigenvalue weighted by Gasteiger charge is -2.33. The SMILES string of the molecule is CCC1Oc2ccccc2N(CCC(=O)NCc2ccc(C(=O)O)cc2)C1=O. The topological polar surface area (TPSA) is 95.9 Å². The molecule has 7 nitrogen and oxygen atoms in total. The number of carbonyl (C=O) groups excluding carboxylic acids is 2. The van der Waals surface area contributed by atoms with E-state index in [9.17, 15) is 14.4 Å². The maximum atomic E-state index is 12.6. The molecule has 0 aromatic heterocycles. The number of benzene rings is 2. The molecule has 2 N–H and O–H groups in total. The van der Waals surface area contributed by atoms with Crippen LogP contribution in [0.2, 0.25) is 0 Å². The number of para-hydroxylation sites is 2. The summed E-state index contributed by atoms with van der Waals surface area (Å²) in [5.74, 6) is -0.672. The second-order valence-electron chi connectivity index (χ2n) is 6.50. The fourth-order valence-electron chi connectivity index (χ4n) is 3.03. The number of anilines is 1. The molecule has 0 saturated carbocycles. The van der Waals surface area contributed by atoms with Crippen molar-refractivity contribution in [2.24, 2.45) is 0 Å². The first-order valence-corrected chi connectivity index (χ1v) is 9.15. The largest absolute Gasteiger partial charge is 0.478 e. The van der Waals surface area contributed by atoms with E-state index < -0.39 is 12.1 Å². The number of rotatable bonds is 7. The van der Waals surface area contributed by atoms with Gasteiger partial charge in [-0.15, -0.1) is 0 Å². The summed E-state index contributed by atoms with van der Waals surface area (Å²) in [6.45, 7) is 2.44. The van der Waals surface area contributed by atoms with Gasteiger partial charge in [0.15, 0.2) is 6.10 Å². The summed E-state index contributed by atoms with van der Waals surface area (Å²) in [5, 5.41) is 11.7. The minimum atomic E-state index is -0.989. The van der Waals surface area contributed by atoms with Gasteiger partial charge in [0.2, 0.25) is 5.91 Å². The van der Waals surface area contributed by atoms with Crippen LogP contribution in [0.5, 0.6) is 5.75 Å². The standard InChI is InChI=1S/C21H22N2O5/c1-2-17-20(25)23(16-5-3-4-6-18(16)28-17)12-11-19(24)22-13-14-7-9-15(10-8-14)21(26)27/h3-10,17H,2,11-13H2,1H3,(H,22,24)(H,26,27). The maximum absolute atomic E-state index is 12.6. The number of carbonyl (C=O) groups is 3. The molecule has 1 unspecified atom stereocenters. The second kappa shape index (κ2) is 8.56. The average Bonchev–Trinajstić information content (AvgIpc) is 2.71. The van der Waals surface area contributed by atoms with Crippen LogP contribution in [0.1, 0.15) is 35.7 Å². The predicted octanol–water partition coefficient (Wildman–Crippen LogP) is 2.60. The Bertz CT molecular complexity index is 879. The Morgan fingerprint density at radius 2 is 1.86 bits per heavy atom. The van der Waals surface area contributed by atoms with Crippen molar-refractivity contribution in [3.63, 3.8) is 0 Å². The second-order valence-corrected chi connectivity index (χ2v) is 6.50. The van der Waals surface area contributed by atoms with Crippen molar-refractivity contribution < 1.29 is 24.2 Å². The summed E-state index contributed by atoms with van der Waals surface area (Å²) in [5.41, 5.74) is 1.68. The van der Waals surface area contributed by atoms with Crippen molar-refractivity contribution >= 4 is 23.5 Å². The van der Waals surface area contributed by atoms with Crippen LogP contribution >= 0.6 is 0 Å². The first kappa shape index (κ1) is 19.4. The van der Waals surface area contributed by atoms with Gasteiger partial charge >= 0.3 is 5.97 Å². The molecule has 1 heterocycles. The molecule has 0 aliphatic carbocycles. The van der Waals surface area contributed by atoms with Gasteiger partial charge in [-0.3, -0.25) is 9.59 Å². The van der Waals surface area contributed by atoms with Crippen molar-refractivity contribution in [1.29, 1.82) is 0 Å². The number of hydrogen-bond donors (Lipinski definition) is 2. The third kappa shape index (κ3) is 4.31. The van der Waals surface area contributed by atoms with Crippen LogP contribution < -0.4 is 15.0 Å². The van der Waals surface area contributed by atoms with E-state index in [0.29, 0.717) is 24.4 Å². The molecule has 1 aliphatic rings. The normalized spacial score (nSPS) is 15.5. The highest BCUT2D eigenvalue weighted by Gasteiger charge is 2.33. The molecule has 2 amide bonds. The van der Waals surface area contributed by atoms with Crippen LogP contribution in [0.4, 0.5) is 5.69 Å². The van der Waals surface area contributed by atoms with E-state index in [2.05, 4.69) is 5.32 Å². The van der Waals surface area contributed by atoms with E-state index in [-0.39, 0.29) is 30.3 Å². The molecule has 0 fully saturated rings. The van der Waals surface area contributed by atoms with Crippen molar-refractivity contribution in [3.05, 3.63) is 59.7 Å². The molecule has 0 saturated heterocycles. The molecule has 28 heavy (non-hydrogen) atoms. The highest BCUT2D eigenvalue weighted by atomic mass is 16.5. The first-order valence-electron chi connectivity index (χ1n) is 9.15. The monoisotopic (exact) mass is 382 g/mol. The zero-order valence-electron chi connectivity index (χ0n) is 15.6.